The highest BCUT2D eigenvalue weighted by molar-refractivity contribution is 5.55. The molecule has 4 heterocycles. The summed E-state index contributed by atoms with van der Waals surface area (Å²) in [6.45, 7) is 8.57. The second-order valence-corrected chi connectivity index (χ2v) is 6.52. The third-order valence-corrected chi connectivity index (χ3v) is 4.79. The SMILES string of the molecule is Cc1noc(C)c1CN1CCN(c2nccc(-c3ccccn3)n2)CC1. The molecule has 0 aliphatic carbocycles. The monoisotopic (exact) mass is 350 g/mol. The molecule has 7 heteroatoms. The molecule has 3 aromatic heterocycles. The van der Waals surface area contributed by atoms with Crippen LogP contribution in [-0.2, 0) is 6.54 Å². The number of aryl methyl sites for hydroxylation is 2. The van der Waals surface area contributed by atoms with Gasteiger partial charge in [-0.3, -0.25) is 9.88 Å². The van der Waals surface area contributed by atoms with Crippen LogP contribution in [0.1, 0.15) is 17.0 Å². The van der Waals surface area contributed by atoms with Crippen molar-refractivity contribution in [3.05, 3.63) is 53.7 Å². The van der Waals surface area contributed by atoms with Crippen LogP contribution in [0.4, 0.5) is 5.95 Å². The zero-order chi connectivity index (χ0) is 17.9. The molecule has 7 nitrogen and oxygen atoms in total. The lowest BCUT2D eigenvalue weighted by Crippen LogP contribution is -2.46. The maximum absolute atomic E-state index is 5.27. The fourth-order valence-electron chi connectivity index (χ4n) is 3.21. The van der Waals surface area contributed by atoms with Crippen LogP contribution in [0.25, 0.3) is 11.4 Å². The Morgan fingerprint density at radius 3 is 2.50 bits per heavy atom. The predicted octanol–water partition coefficient (Wildman–Crippen LogP) is 2.47. The van der Waals surface area contributed by atoms with Crippen LogP contribution >= 0.6 is 0 Å². The van der Waals surface area contributed by atoms with Crippen molar-refractivity contribution in [2.45, 2.75) is 20.4 Å². The van der Waals surface area contributed by atoms with Crippen molar-refractivity contribution in [3.8, 4) is 11.4 Å². The maximum atomic E-state index is 5.27. The van der Waals surface area contributed by atoms with Crippen molar-refractivity contribution < 1.29 is 4.52 Å². The summed E-state index contributed by atoms with van der Waals surface area (Å²) in [5, 5.41) is 4.04. The Labute approximate surface area is 152 Å². The normalized spacial score (nSPS) is 15.4. The van der Waals surface area contributed by atoms with E-state index in [4.69, 9.17) is 9.51 Å². The summed E-state index contributed by atoms with van der Waals surface area (Å²) in [5.41, 5.74) is 3.91. The quantitative estimate of drug-likeness (QED) is 0.716. The molecule has 0 N–H and O–H groups in total. The van der Waals surface area contributed by atoms with E-state index in [2.05, 4.69) is 24.9 Å². The van der Waals surface area contributed by atoms with Crippen molar-refractivity contribution in [2.75, 3.05) is 31.1 Å². The lowest BCUT2D eigenvalue weighted by Gasteiger charge is -2.34. The van der Waals surface area contributed by atoms with Gasteiger partial charge in [0.25, 0.3) is 0 Å². The van der Waals surface area contributed by atoms with Crippen LogP contribution in [-0.4, -0.2) is 51.2 Å². The molecule has 0 atom stereocenters. The van der Waals surface area contributed by atoms with E-state index in [1.807, 2.05) is 44.3 Å². The molecule has 1 fully saturated rings. The largest absolute Gasteiger partial charge is 0.361 e. The van der Waals surface area contributed by atoms with E-state index in [0.29, 0.717) is 0 Å². The summed E-state index contributed by atoms with van der Waals surface area (Å²) < 4.78 is 5.27. The van der Waals surface area contributed by atoms with Gasteiger partial charge < -0.3 is 9.42 Å². The van der Waals surface area contributed by atoms with Gasteiger partial charge in [0.15, 0.2) is 0 Å². The van der Waals surface area contributed by atoms with E-state index >= 15 is 0 Å². The Balaban J connectivity index is 1.42. The molecule has 1 aliphatic heterocycles. The molecule has 134 valence electrons. The second-order valence-electron chi connectivity index (χ2n) is 6.52. The lowest BCUT2D eigenvalue weighted by molar-refractivity contribution is 0.247. The minimum Gasteiger partial charge on any atom is -0.361 e. The number of piperazine rings is 1. The van der Waals surface area contributed by atoms with E-state index in [-0.39, 0.29) is 0 Å². The Morgan fingerprint density at radius 1 is 0.962 bits per heavy atom. The minimum absolute atomic E-state index is 0.769. The first-order chi connectivity index (χ1) is 12.7. The van der Waals surface area contributed by atoms with Gasteiger partial charge in [0.2, 0.25) is 5.95 Å². The lowest BCUT2D eigenvalue weighted by atomic mass is 10.2. The topological polar surface area (TPSA) is 71.2 Å². The summed E-state index contributed by atoms with van der Waals surface area (Å²) in [7, 11) is 0. The summed E-state index contributed by atoms with van der Waals surface area (Å²) in [6, 6.07) is 7.74. The number of rotatable bonds is 4. The van der Waals surface area contributed by atoms with E-state index in [9.17, 15) is 0 Å². The maximum Gasteiger partial charge on any atom is 0.225 e. The van der Waals surface area contributed by atoms with Gasteiger partial charge in [-0.25, -0.2) is 9.97 Å². The first-order valence-electron chi connectivity index (χ1n) is 8.84. The summed E-state index contributed by atoms with van der Waals surface area (Å²) in [4.78, 5) is 18.2. The molecular formula is C19H22N6O. The Morgan fingerprint density at radius 2 is 1.81 bits per heavy atom. The number of hydrogen-bond donors (Lipinski definition) is 0. The third-order valence-electron chi connectivity index (χ3n) is 4.79. The number of nitrogens with zero attached hydrogens (tertiary/aromatic N) is 6. The molecular weight excluding hydrogens is 328 g/mol. The number of pyridine rings is 1. The van der Waals surface area contributed by atoms with Crippen LogP contribution in [0.2, 0.25) is 0 Å². The van der Waals surface area contributed by atoms with E-state index in [1.54, 1.807) is 6.20 Å². The fraction of sp³-hybridized carbons (Fsp3) is 0.368. The molecule has 4 rings (SSSR count). The number of aromatic nitrogens is 4. The molecule has 0 aromatic carbocycles. The Kier molecular flexibility index (Phi) is 4.62. The molecule has 1 aliphatic rings. The van der Waals surface area contributed by atoms with Gasteiger partial charge >= 0.3 is 0 Å². The predicted molar refractivity (Wildman–Crippen MR) is 98.7 cm³/mol. The van der Waals surface area contributed by atoms with E-state index in [0.717, 1.165) is 61.5 Å². The molecule has 1 saturated heterocycles. The number of hydrogen-bond acceptors (Lipinski definition) is 7. The van der Waals surface area contributed by atoms with E-state index < -0.39 is 0 Å². The van der Waals surface area contributed by atoms with Crippen LogP contribution in [0, 0.1) is 13.8 Å². The van der Waals surface area contributed by atoms with Crippen LogP contribution in [0.5, 0.6) is 0 Å². The van der Waals surface area contributed by atoms with Crippen LogP contribution < -0.4 is 4.90 Å². The zero-order valence-corrected chi connectivity index (χ0v) is 15.1. The minimum atomic E-state index is 0.769. The average Bonchev–Trinajstić information content (AvgIpc) is 3.01. The smallest absolute Gasteiger partial charge is 0.225 e. The fourth-order valence-corrected chi connectivity index (χ4v) is 3.21. The molecule has 0 spiro atoms. The number of anilines is 1. The van der Waals surface area contributed by atoms with Crippen LogP contribution in [0.15, 0.2) is 41.2 Å². The second kappa shape index (κ2) is 7.21. The highest BCUT2D eigenvalue weighted by Crippen LogP contribution is 2.19. The van der Waals surface area contributed by atoms with E-state index in [1.165, 1.54) is 5.56 Å². The summed E-state index contributed by atoms with van der Waals surface area (Å²) in [6.07, 6.45) is 3.59. The van der Waals surface area contributed by atoms with Gasteiger partial charge in [0, 0.05) is 50.7 Å². The molecule has 26 heavy (non-hydrogen) atoms. The third kappa shape index (κ3) is 3.43. The van der Waals surface area contributed by atoms with Gasteiger partial charge in [-0.15, -0.1) is 0 Å². The Hall–Kier alpha value is -2.80. The highest BCUT2D eigenvalue weighted by atomic mass is 16.5. The van der Waals surface area contributed by atoms with Crippen LogP contribution in [0.3, 0.4) is 0 Å². The first-order valence-corrected chi connectivity index (χ1v) is 8.84. The molecule has 0 radical (unpaired) electrons. The van der Waals surface area contributed by atoms with Gasteiger partial charge in [0.05, 0.1) is 17.1 Å². The summed E-state index contributed by atoms with van der Waals surface area (Å²) >= 11 is 0. The average molecular weight is 350 g/mol. The van der Waals surface area contributed by atoms with Crippen molar-refractivity contribution in [1.82, 2.24) is 25.0 Å². The molecule has 3 aromatic rings. The summed E-state index contributed by atoms with van der Waals surface area (Å²) in [5.74, 6) is 1.68. The van der Waals surface area contributed by atoms with Gasteiger partial charge in [0.1, 0.15) is 5.76 Å². The van der Waals surface area contributed by atoms with Crippen molar-refractivity contribution in [3.63, 3.8) is 0 Å². The van der Waals surface area contributed by atoms with Crippen molar-refractivity contribution in [2.24, 2.45) is 0 Å². The van der Waals surface area contributed by atoms with Gasteiger partial charge in [-0.1, -0.05) is 11.2 Å². The van der Waals surface area contributed by atoms with Crippen molar-refractivity contribution >= 4 is 5.95 Å². The standard InChI is InChI=1S/C19H22N6O/c1-14-16(15(2)26-23-14)13-24-9-11-25(12-10-24)19-21-8-6-18(22-19)17-5-3-4-7-20-17/h3-8H,9-13H2,1-2H3. The highest BCUT2D eigenvalue weighted by Gasteiger charge is 2.21. The first kappa shape index (κ1) is 16.7. The molecule has 0 amide bonds. The zero-order valence-electron chi connectivity index (χ0n) is 15.1. The molecule has 0 bridgehead atoms. The van der Waals surface area contributed by atoms with Gasteiger partial charge in [-0.05, 0) is 32.0 Å². The van der Waals surface area contributed by atoms with Crippen molar-refractivity contribution in [1.29, 1.82) is 0 Å². The molecule has 0 saturated carbocycles. The Bertz CT molecular complexity index is 851. The molecule has 0 unspecified atom stereocenters. The van der Waals surface area contributed by atoms with Gasteiger partial charge in [-0.2, -0.15) is 0 Å².